The van der Waals surface area contributed by atoms with Crippen LogP contribution >= 0.6 is 0 Å². The van der Waals surface area contributed by atoms with Gasteiger partial charge in [-0.2, -0.15) is 0 Å². The van der Waals surface area contributed by atoms with E-state index in [-0.39, 0.29) is 31.1 Å². The van der Waals surface area contributed by atoms with Crippen LogP contribution in [-0.4, -0.2) is 37.2 Å². The fourth-order valence-electron chi connectivity index (χ4n) is 6.58. The SMILES string of the molecule is CCCCCCCCCCCCCC(=O)OC[C@@H](COC(=O)CCCCCCCCCC(C)C)OC(=O)CCCCCCCCCCCC(C)C. The molecule has 0 aliphatic heterocycles. The van der Waals surface area contributed by atoms with Crippen molar-refractivity contribution in [2.24, 2.45) is 11.8 Å². The van der Waals surface area contributed by atoms with Gasteiger partial charge in [0, 0.05) is 19.3 Å². The number of hydrogen-bond acceptors (Lipinski definition) is 6. The minimum Gasteiger partial charge on any atom is -0.462 e. The molecule has 0 aromatic heterocycles. The van der Waals surface area contributed by atoms with Gasteiger partial charge >= 0.3 is 17.9 Å². The summed E-state index contributed by atoms with van der Waals surface area (Å²) in [6, 6.07) is 0. The molecular weight excluding hydrogens is 636 g/mol. The Hall–Kier alpha value is -1.59. The van der Waals surface area contributed by atoms with Gasteiger partial charge in [-0.15, -0.1) is 0 Å². The molecule has 0 spiro atoms. The lowest BCUT2D eigenvalue weighted by Gasteiger charge is -2.18. The van der Waals surface area contributed by atoms with Crippen molar-refractivity contribution < 1.29 is 28.6 Å². The maximum absolute atomic E-state index is 12.7. The van der Waals surface area contributed by atoms with Crippen LogP contribution in [0.3, 0.4) is 0 Å². The molecule has 6 heteroatoms. The number of ether oxygens (including phenoxy) is 3. The first-order valence-electron chi connectivity index (χ1n) is 22.2. The molecule has 6 nitrogen and oxygen atoms in total. The summed E-state index contributed by atoms with van der Waals surface area (Å²) in [5.74, 6) is 0.725. The Kier molecular flexibility index (Phi) is 37.0. The smallest absolute Gasteiger partial charge is 0.306 e. The van der Waals surface area contributed by atoms with Gasteiger partial charge < -0.3 is 14.2 Å². The minimum atomic E-state index is -0.760. The molecule has 0 saturated carbocycles. The zero-order chi connectivity index (χ0) is 37.6. The van der Waals surface area contributed by atoms with E-state index in [0.717, 1.165) is 69.6 Å². The Labute approximate surface area is 317 Å². The monoisotopic (exact) mass is 723 g/mol. The summed E-state index contributed by atoms with van der Waals surface area (Å²) in [6.07, 6.45) is 35.2. The number of rotatable bonds is 39. The van der Waals surface area contributed by atoms with E-state index in [1.165, 1.54) is 128 Å². The van der Waals surface area contributed by atoms with E-state index >= 15 is 0 Å². The summed E-state index contributed by atoms with van der Waals surface area (Å²) < 4.78 is 16.7. The third-order valence-electron chi connectivity index (χ3n) is 9.97. The van der Waals surface area contributed by atoms with Crippen molar-refractivity contribution in [2.75, 3.05) is 13.2 Å². The molecule has 0 amide bonds. The van der Waals surface area contributed by atoms with Crippen LogP contribution in [0.2, 0.25) is 0 Å². The molecule has 0 radical (unpaired) electrons. The lowest BCUT2D eigenvalue weighted by Crippen LogP contribution is -2.30. The predicted molar refractivity (Wildman–Crippen MR) is 215 cm³/mol. The molecule has 0 N–H and O–H groups in total. The highest BCUT2D eigenvalue weighted by molar-refractivity contribution is 5.71. The third kappa shape index (κ3) is 39.5. The van der Waals surface area contributed by atoms with Crippen LogP contribution in [0.25, 0.3) is 0 Å². The van der Waals surface area contributed by atoms with Gasteiger partial charge in [-0.1, -0.05) is 202 Å². The molecule has 0 fully saturated rings. The molecule has 0 bridgehead atoms. The van der Waals surface area contributed by atoms with Gasteiger partial charge in [-0.25, -0.2) is 0 Å². The van der Waals surface area contributed by atoms with Gasteiger partial charge in [0.2, 0.25) is 0 Å². The predicted octanol–water partition coefficient (Wildman–Crippen LogP) is 13.8. The van der Waals surface area contributed by atoms with Crippen LogP contribution in [0.5, 0.6) is 0 Å². The molecule has 302 valence electrons. The molecule has 0 aromatic carbocycles. The van der Waals surface area contributed by atoms with E-state index in [2.05, 4.69) is 34.6 Å². The quantitative estimate of drug-likeness (QED) is 0.0357. The Balaban J connectivity index is 4.35. The lowest BCUT2D eigenvalue weighted by atomic mass is 10.0. The van der Waals surface area contributed by atoms with Gasteiger partial charge in [0.15, 0.2) is 6.10 Å². The fraction of sp³-hybridized carbons (Fsp3) is 0.933. The normalized spacial score (nSPS) is 12.1. The van der Waals surface area contributed by atoms with E-state index in [4.69, 9.17) is 14.2 Å². The summed E-state index contributed by atoms with van der Waals surface area (Å²) in [4.78, 5) is 37.6. The van der Waals surface area contributed by atoms with Crippen molar-refractivity contribution in [1.29, 1.82) is 0 Å². The number of hydrogen-bond donors (Lipinski definition) is 0. The topological polar surface area (TPSA) is 78.9 Å². The lowest BCUT2D eigenvalue weighted by molar-refractivity contribution is -0.167. The average Bonchev–Trinajstić information content (AvgIpc) is 3.09. The molecular formula is C45H86O6. The van der Waals surface area contributed by atoms with E-state index in [1.54, 1.807) is 0 Å². The number of carbonyl (C=O) groups excluding carboxylic acids is 3. The standard InChI is InChI=1S/C45H86O6/c1-6-7-8-9-10-11-12-15-20-25-30-35-43(46)49-38-42(39-50-44(47)36-31-26-22-17-19-24-29-34-41(4)5)51-45(48)37-32-27-21-16-13-14-18-23-28-33-40(2)3/h40-42H,6-39H2,1-5H3/t42-/m0/s1. The van der Waals surface area contributed by atoms with Crippen molar-refractivity contribution in [3.8, 4) is 0 Å². The van der Waals surface area contributed by atoms with Crippen LogP contribution in [0.1, 0.15) is 240 Å². The number of esters is 3. The second kappa shape index (κ2) is 38.1. The van der Waals surface area contributed by atoms with Crippen LogP contribution in [0.4, 0.5) is 0 Å². The second-order valence-corrected chi connectivity index (χ2v) is 16.3. The Morgan fingerprint density at radius 2 is 0.647 bits per heavy atom. The maximum Gasteiger partial charge on any atom is 0.306 e. The molecule has 0 heterocycles. The largest absolute Gasteiger partial charge is 0.462 e. The van der Waals surface area contributed by atoms with E-state index in [0.29, 0.717) is 19.3 Å². The first-order chi connectivity index (χ1) is 24.7. The van der Waals surface area contributed by atoms with E-state index in [1.807, 2.05) is 0 Å². The van der Waals surface area contributed by atoms with Crippen molar-refractivity contribution in [2.45, 2.75) is 246 Å². The van der Waals surface area contributed by atoms with Gasteiger partial charge in [0.05, 0.1) is 0 Å². The molecule has 0 aliphatic carbocycles. The number of carbonyl (C=O) groups is 3. The molecule has 51 heavy (non-hydrogen) atoms. The van der Waals surface area contributed by atoms with Crippen LogP contribution < -0.4 is 0 Å². The average molecular weight is 723 g/mol. The minimum absolute atomic E-state index is 0.0656. The number of unbranched alkanes of at least 4 members (excludes halogenated alkanes) is 24. The molecule has 0 rings (SSSR count). The zero-order valence-electron chi connectivity index (χ0n) is 34.7. The van der Waals surface area contributed by atoms with Gasteiger partial charge in [0.25, 0.3) is 0 Å². The second-order valence-electron chi connectivity index (χ2n) is 16.3. The van der Waals surface area contributed by atoms with Crippen molar-refractivity contribution >= 4 is 17.9 Å². The van der Waals surface area contributed by atoms with Gasteiger partial charge in [0.1, 0.15) is 13.2 Å². The van der Waals surface area contributed by atoms with Gasteiger partial charge in [-0.3, -0.25) is 14.4 Å². The first-order valence-corrected chi connectivity index (χ1v) is 22.2. The first kappa shape index (κ1) is 49.4. The summed E-state index contributed by atoms with van der Waals surface area (Å²) in [5, 5.41) is 0. The van der Waals surface area contributed by atoms with Crippen molar-refractivity contribution in [3.63, 3.8) is 0 Å². The summed E-state index contributed by atoms with van der Waals surface area (Å²) in [5.41, 5.74) is 0. The molecule has 0 saturated heterocycles. The Morgan fingerprint density at radius 1 is 0.373 bits per heavy atom. The molecule has 0 aromatic rings. The fourth-order valence-corrected chi connectivity index (χ4v) is 6.58. The maximum atomic E-state index is 12.7. The van der Waals surface area contributed by atoms with Crippen molar-refractivity contribution in [3.05, 3.63) is 0 Å². The summed E-state index contributed by atoms with van der Waals surface area (Å²) in [7, 11) is 0. The highest BCUT2D eigenvalue weighted by Crippen LogP contribution is 2.16. The molecule has 0 unspecified atom stereocenters. The van der Waals surface area contributed by atoms with Crippen LogP contribution in [0.15, 0.2) is 0 Å². The van der Waals surface area contributed by atoms with E-state index in [9.17, 15) is 14.4 Å². The zero-order valence-corrected chi connectivity index (χ0v) is 34.7. The van der Waals surface area contributed by atoms with Crippen LogP contribution in [-0.2, 0) is 28.6 Å². The highest BCUT2D eigenvalue weighted by Gasteiger charge is 2.19. The Bertz CT molecular complexity index is 779. The third-order valence-corrected chi connectivity index (χ3v) is 9.97. The van der Waals surface area contributed by atoms with Crippen LogP contribution in [0, 0.1) is 11.8 Å². The van der Waals surface area contributed by atoms with Crippen molar-refractivity contribution in [1.82, 2.24) is 0 Å². The molecule has 1 atom stereocenters. The van der Waals surface area contributed by atoms with E-state index < -0.39 is 6.10 Å². The Morgan fingerprint density at radius 3 is 0.961 bits per heavy atom. The highest BCUT2D eigenvalue weighted by atomic mass is 16.6. The molecule has 0 aliphatic rings. The summed E-state index contributed by atoms with van der Waals surface area (Å²) in [6.45, 7) is 11.3. The summed E-state index contributed by atoms with van der Waals surface area (Å²) >= 11 is 0. The van der Waals surface area contributed by atoms with Gasteiger partial charge in [-0.05, 0) is 31.1 Å².